The Kier molecular flexibility index (Phi) is 5.65. The number of carbonyl (C=O) groups is 1. The number of aliphatic hydroxyl groups is 1. The van der Waals surface area contributed by atoms with Crippen molar-refractivity contribution >= 4 is 5.97 Å². The lowest BCUT2D eigenvalue weighted by molar-refractivity contribution is -0.204. The van der Waals surface area contributed by atoms with Crippen molar-refractivity contribution in [3.8, 4) is 0 Å². The van der Waals surface area contributed by atoms with Crippen molar-refractivity contribution in [3.63, 3.8) is 0 Å². The number of ether oxygens (including phenoxy) is 2. The first kappa shape index (κ1) is 21.4. The lowest BCUT2D eigenvalue weighted by atomic mass is 9.50. The Hall–Kier alpha value is -0.870. The third-order valence-electron chi connectivity index (χ3n) is 9.66. The Morgan fingerprint density at radius 2 is 1.86 bits per heavy atom. The van der Waals surface area contributed by atoms with Crippen LogP contribution in [0.15, 0.2) is 12.7 Å². The number of aliphatic hydroxyl groups excluding tert-OH is 1. The van der Waals surface area contributed by atoms with Gasteiger partial charge in [-0.1, -0.05) is 19.9 Å². The standard InChI is InChI=1S/C25H40O4/c1-5-18-16-19(27)8-12-23(18,3)20-9-13-24(4)21(22(20)29-17(2)26)10-14-25(24)11-6-7-15-28-25/h5,18-22,27H,1,6-16H2,2-4H3/t18-,19-,20?,21?,22+,23-,24-,25?/m0/s1. The van der Waals surface area contributed by atoms with Gasteiger partial charge in [-0.3, -0.25) is 4.79 Å². The fourth-order valence-electron chi connectivity index (χ4n) is 7.90. The minimum atomic E-state index is -0.238. The van der Waals surface area contributed by atoms with Gasteiger partial charge in [0.1, 0.15) is 6.10 Å². The molecule has 4 nitrogen and oxygen atoms in total. The normalized spacial score (nSPS) is 50.1. The first-order chi connectivity index (χ1) is 13.8. The first-order valence-electron chi connectivity index (χ1n) is 11.9. The highest BCUT2D eigenvalue weighted by Crippen LogP contribution is 2.66. The third-order valence-corrected chi connectivity index (χ3v) is 9.66. The van der Waals surface area contributed by atoms with Crippen molar-refractivity contribution in [1.29, 1.82) is 0 Å². The van der Waals surface area contributed by atoms with Crippen molar-refractivity contribution < 1.29 is 19.4 Å². The molecule has 4 heteroatoms. The van der Waals surface area contributed by atoms with E-state index >= 15 is 0 Å². The largest absolute Gasteiger partial charge is 0.462 e. The fraction of sp³-hybridized carbons (Fsp3) is 0.880. The summed E-state index contributed by atoms with van der Waals surface area (Å²) < 4.78 is 12.7. The molecular weight excluding hydrogens is 364 g/mol. The van der Waals surface area contributed by atoms with Crippen LogP contribution in [0.5, 0.6) is 0 Å². The van der Waals surface area contributed by atoms with Crippen LogP contribution in [0.25, 0.3) is 0 Å². The maximum absolute atomic E-state index is 12.2. The molecule has 1 saturated heterocycles. The number of allylic oxidation sites excluding steroid dienone is 1. The van der Waals surface area contributed by atoms with E-state index in [1.54, 1.807) is 6.92 Å². The number of fused-ring (bicyclic) bond motifs is 2. The molecule has 0 aromatic carbocycles. The van der Waals surface area contributed by atoms with Gasteiger partial charge in [0.15, 0.2) is 0 Å². The quantitative estimate of drug-likeness (QED) is 0.529. The van der Waals surface area contributed by atoms with E-state index in [2.05, 4.69) is 20.4 Å². The molecule has 1 N–H and O–H groups in total. The second-order valence-electron chi connectivity index (χ2n) is 10.9. The minimum Gasteiger partial charge on any atom is -0.462 e. The number of carbonyl (C=O) groups excluding carboxylic acids is 1. The number of hydrogen-bond donors (Lipinski definition) is 1. The Labute approximate surface area is 176 Å². The molecule has 8 atom stereocenters. The predicted octanol–water partition coefficient (Wildman–Crippen LogP) is 5.04. The van der Waals surface area contributed by atoms with Crippen LogP contribution < -0.4 is 0 Å². The highest BCUT2D eigenvalue weighted by Gasteiger charge is 2.65. The highest BCUT2D eigenvalue weighted by atomic mass is 16.5. The second kappa shape index (κ2) is 7.67. The van der Waals surface area contributed by atoms with Crippen molar-refractivity contribution in [3.05, 3.63) is 12.7 Å². The molecule has 1 spiro atoms. The van der Waals surface area contributed by atoms with E-state index in [0.717, 1.165) is 58.0 Å². The van der Waals surface area contributed by atoms with Crippen molar-refractivity contribution in [2.45, 2.75) is 103 Å². The summed E-state index contributed by atoms with van der Waals surface area (Å²) in [6.45, 7) is 11.3. The number of esters is 1. The van der Waals surface area contributed by atoms with Crippen LogP contribution in [-0.2, 0) is 14.3 Å². The summed E-state index contributed by atoms with van der Waals surface area (Å²) in [6.07, 6.45) is 12.3. The summed E-state index contributed by atoms with van der Waals surface area (Å²) in [6, 6.07) is 0. The van der Waals surface area contributed by atoms with Gasteiger partial charge >= 0.3 is 5.97 Å². The molecule has 3 saturated carbocycles. The van der Waals surface area contributed by atoms with Gasteiger partial charge < -0.3 is 14.6 Å². The molecule has 0 aromatic heterocycles. The van der Waals surface area contributed by atoms with Crippen LogP contribution in [0, 0.1) is 28.6 Å². The Balaban J connectivity index is 1.67. The van der Waals surface area contributed by atoms with Crippen LogP contribution in [0.4, 0.5) is 0 Å². The Morgan fingerprint density at radius 1 is 1.10 bits per heavy atom. The van der Waals surface area contributed by atoms with E-state index in [-0.39, 0.29) is 40.5 Å². The van der Waals surface area contributed by atoms with Gasteiger partial charge in [0.05, 0.1) is 11.7 Å². The summed E-state index contributed by atoms with van der Waals surface area (Å²) in [5, 5.41) is 10.3. The van der Waals surface area contributed by atoms with Gasteiger partial charge in [-0.05, 0) is 75.5 Å². The number of rotatable bonds is 3. The van der Waals surface area contributed by atoms with Gasteiger partial charge in [0.2, 0.25) is 0 Å². The van der Waals surface area contributed by atoms with Gasteiger partial charge in [0.25, 0.3) is 0 Å². The third kappa shape index (κ3) is 3.29. The molecule has 3 unspecified atom stereocenters. The second-order valence-corrected chi connectivity index (χ2v) is 10.9. The first-order valence-corrected chi connectivity index (χ1v) is 11.9. The van der Waals surface area contributed by atoms with Gasteiger partial charge in [-0.15, -0.1) is 6.58 Å². The maximum Gasteiger partial charge on any atom is 0.302 e. The SMILES string of the molecule is C=C[C@H]1C[C@@H](O)CC[C@]1(C)C1CC[C@@]2(C)C(CCC23CCCCO3)[C@@H]1OC(C)=O. The van der Waals surface area contributed by atoms with Crippen LogP contribution in [0.2, 0.25) is 0 Å². The zero-order chi connectivity index (χ0) is 20.9. The lowest BCUT2D eigenvalue weighted by Crippen LogP contribution is -2.58. The summed E-state index contributed by atoms with van der Waals surface area (Å²) in [5.74, 6) is 0.778. The Bertz CT molecular complexity index is 639. The molecule has 1 aliphatic heterocycles. The smallest absolute Gasteiger partial charge is 0.302 e. The minimum absolute atomic E-state index is 0.0194. The molecule has 4 fully saturated rings. The molecule has 4 aliphatic rings. The number of hydrogen-bond acceptors (Lipinski definition) is 4. The molecule has 0 aromatic rings. The predicted molar refractivity (Wildman–Crippen MR) is 113 cm³/mol. The van der Waals surface area contributed by atoms with E-state index in [0.29, 0.717) is 11.8 Å². The zero-order valence-corrected chi connectivity index (χ0v) is 18.6. The topological polar surface area (TPSA) is 55.8 Å². The molecular formula is C25H40O4. The monoisotopic (exact) mass is 404 g/mol. The molecule has 0 radical (unpaired) electrons. The van der Waals surface area contributed by atoms with E-state index in [1.165, 1.54) is 12.8 Å². The summed E-state index contributed by atoms with van der Waals surface area (Å²) >= 11 is 0. The average molecular weight is 405 g/mol. The van der Waals surface area contributed by atoms with E-state index in [4.69, 9.17) is 9.47 Å². The molecule has 29 heavy (non-hydrogen) atoms. The maximum atomic E-state index is 12.2. The van der Waals surface area contributed by atoms with Crippen molar-refractivity contribution in [2.75, 3.05) is 6.61 Å². The van der Waals surface area contributed by atoms with Crippen LogP contribution in [-0.4, -0.2) is 35.5 Å². The van der Waals surface area contributed by atoms with Crippen molar-refractivity contribution in [2.24, 2.45) is 28.6 Å². The summed E-state index contributed by atoms with van der Waals surface area (Å²) in [7, 11) is 0. The van der Waals surface area contributed by atoms with Crippen LogP contribution in [0.3, 0.4) is 0 Å². The Morgan fingerprint density at radius 3 is 2.52 bits per heavy atom. The zero-order valence-electron chi connectivity index (χ0n) is 18.6. The molecule has 164 valence electrons. The average Bonchev–Trinajstić information content (AvgIpc) is 2.96. The van der Waals surface area contributed by atoms with E-state index in [9.17, 15) is 9.90 Å². The molecule has 1 heterocycles. The van der Waals surface area contributed by atoms with E-state index < -0.39 is 0 Å². The van der Waals surface area contributed by atoms with Gasteiger partial charge in [0, 0.05) is 30.8 Å². The van der Waals surface area contributed by atoms with E-state index in [1.807, 2.05) is 6.08 Å². The molecule has 4 rings (SSSR count). The van der Waals surface area contributed by atoms with Crippen LogP contribution >= 0.6 is 0 Å². The summed E-state index contributed by atoms with van der Waals surface area (Å²) in [5.41, 5.74) is 0.0741. The summed E-state index contributed by atoms with van der Waals surface area (Å²) in [4.78, 5) is 12.2. The fourth-order valence-corrected chi connectivity index (χ4v) is 7.90. The molecule has 3 aliphatic carbocycles. The highest BCUT2D eigenvalue weighted by molar-refractivity contribution is 5.66. The van der Waals surface area contributed by atoms with Gasteiger partial charge in [-0.25, -0.2) is 0 Å². The van der Waals surface area contributed by atoms with Crippen molar-refractivity contribution in [1.82, 2.24) is 0 Å². The lowest BCUT2D eigenvalue weighted by Gasteiger charge is -2.58. The van der Waals surface area contributed by atoms with Crippen LogP contribution in [0.1, 0.15) is 85.0 Å². The van der Waals surface area contributed by atoms with Gasteiger partial charge in [-0.2, -0.15) is 0 Å². The molecule has 0 bridgehead atoms. The molecule has 0 amide bonds.